The zero-order valence-electron chi connectivity index (χ0n) is 47.0. The Morgan fingerprint density at radius 2 is 0.402 bits per heavy atom. The molecule has 0 aliphatic carbocycles. The Labute approximate surface area is 506 Å². The van der Waals surface area contributed by atoms with Crippen LogP contribution in [0.5, 0.6) is 0 Å². The van der Waals surface area contributed by atoms with E-state index in [4.69, 9.17) is 19.9 Å². The summed E-state index contributed by atoms with van der Waals surface area (Å²) >= 11 is 0. The summed E-state index contributed by atoms with van der Waals surface area (Å²) in [7, 11) is -4.23. The van der Waals surface area contributed by atoms with Crippen molar-refractivity contribution in [2.45, 2.75) is 9.79 Å². The first-order chi connectivity index (χ1) is 43.0. The molecule has 7 heteroatoms. The first kappa shape index (κ1) is 52.5. The number of hydrogen-bond acceptors (Lipinski definition) is 6. The fourth-order valence-corrected chi connectivity index (χ4v) is 14.6. The molecule has 87 heavy (non-hydrogen) atoms. The molecular formula is C80H52N4O2S. The maximum atomic E-state index is 16.3. The molecule has 0 radical (unpaired) electrons. The minimum atomic E-state index is -4.23. The van der Waals surface area contributed by atoms with Crippen LogP contribution in [0.1, 0.15) is 0 Å². The van der Waals surface area contributed by atoms with Gasteiger partial charge in [-0.15, -0.1) is 0 Å². The molecule has 0 atom stereocenters. The lowest BCUT2D eigenvalue weighted by atomic mass is 9.75. The van der Waals surface area contributed by atoms with E-state index in [0.29, 0.717) is 11.1 Å². The Bertz CT molecular complexity index is 4450. The van der Waals surface area contributed by atoms with Crippen LogP contribution < -0.4 is 0 Å². The van der Waals surface area contributed by atoms with Crippen molar-refractivity contribution in [3.63, 3.8) is 0 Å². The van der Waals surface area contributed by atoms with Crippen molar-refractivity contribution in [3.05, 3.63) is 316 Å². The fraction of sp³-hybridized carbons (Fsp3) is 0. The van der Waals surface area contributed by atoms with Gasteiger partial charge in [-0.05, 0) is 127 Å². The third-order valence-corrected chi connectivity index (χ3v) is 18.3. The summed E-state index contributed by atoms with van der Waals surface area (Å²) in [5.74, 6) is 0. The van der Waals surface area contributed by atoms with E-state index in [2.05, 4.69) is 182 Å². The van der Waals surface area contributed by atoms with Gasteiger partial charge in [0.1, 0.15) is 0 Å². The van der Waals surface area contributed by atoms with Gasteiger partial charge >= 0.3 is 0 Å². The van der Waals surface area contributed by atoms with E-state index in [-0.39, 0.29) is 9.79 Å². The summed E-state index contributed by atoms with van der Waals surface area (Å²) in [5.41, 5.74) is 22.4. The molecule has 0 unspecified atom stereocenters. The standard InChI is InChI=1S/C80H52N4O2S/c85-87(86)67-51-59(75-69(53-27-7-1-8-28-53)71(55-31-11-3-12-32-55)77(63-39-19-23-47-81-63)79(65-41-21-25-49-83-65)73(75)57-35-15-5-16-36-57)43-45-61(67)62-46-44-60(52-68(62)87)76-70(54-29-9-2-10-30-54)72(56-33-13-4-14-34-56)78(64-40-20-24-48-82-64)80(66-42-22-26-50-84-66)74(76)58-37-17-6-18-38-58/h1-52H. The molecule has 0 saturated heterocycles. The van der Waals surface area contributed by atoms with Crippen molar-refractivity contribution in [2.75, 3.05) is 0 Å². The molecule has 0 spiro atoms. The van der Waals surface area contributed by atoms with Crippen molar-refractivity contribution in [3.8, 4) is 145 Å². The lowest BCUT2D eigenvalue weighted by molar-refractivity contribution is 0.598. The molecule has 0 amide bonds. The zero-order chi connectivity index (χ0) is 58.3. The number of fused-ring (bicyclic) bond motifs is 3. The average Bonchev–Trinajstić information content (AvgIpc) is 1.72. The van der Waals surface area contributed by atoms with E-state index in [1.807, 2.05) is 134 Å². The van der Waals surface area contributed by atoms with Crippen LogP contribution in [-0.4, -0.2) is 28.4 Å². The molecule has 10 aromatic carbocycles. The molecule has 15 rings (SSSR count). The number of nitrogens with zero attached hydrogens (tertiary/aromatic N) is 4. The van der Waals surface area contributed by atoms with Crippen molar-refractivity contribution in [1.29, 1.82) is 0 Å². The molecule has 0 fully saturated rings. The van der Waals surface area contributed by atoms with Gasteiger partial charge in [0, 0.05) is 80.4 Å². The second-order valence-corrected chi connectivity index (χ2v) is 23.4. The predicted molar refractivity (Wildman–Crippen MR) is 354 cm³/mol. The Morgan fingerprint density at radius 3 is 0.621 bits per heavy atom. The second-order valence-electron chi connectivity index (χ2n) is 21.5. The van der Waals surface area contributed by atoms with Crippen LogP contribution in [0.2, 0.25) is 0 Å². The van der Waals surface area contributed by atoms with Crippen molar-refractivity contribution >= 4 is 9.84 Å². The largest absolute Gasteiger partial charge is 0.256 e. The van der Waals surface area contributed by atoms with E-state index < -0.39 is 9.84 Å². The smallest absolute Gasteiger partial charge is 0.207 e. The molecule has 1 aliphatic rings. The minimum Gasteiger partial charge on any atom is -0.256 e. The molecule has 0 N–H and O–H groups in total. The van der Waals surface area contributed by atoms with Gasteiger partial charge in [-0.25, -0.2) is 8.42 Å². The molecule has 5 heterocycles. The molecule has 0 bridgehead atoms. The summed E-state index contributed by atoms with van der Waals surface area (Å²) in [4.78, 5) is 20.9. The average molecular weight is 1130 g/mol. The van der Waals surface area contributed by atoms with E-state index in [9.17, 15) is 0 Å². The van der Waals surface area contributed by atoms with Crippen LogP contribution in [0.4, 0.5) is 0 Å². The van der Waals surface area contributed by atoms with Gasteiger partial charge in [0.05, 0.1) is 32.6 Å². The molecule has 1 aliphatic heterocycles. The predicted octanol–water partition coefficient (Wildman–Crippen LogP) is 20.1. The van der Waals surface area contributed by atoms with Crippen LogP contribution >= 0.6 is 0 Å². The summed E-state index contributed by atoms with van der Waals surface area (Å²) in [6.45, 7) is 0. The zero-order valence-corrected chi connectivity index (χ0v) is 47.9. The maximum Gasteiger partial charge on any atom is 0.207 e. The second kappa shape index (κ2) is 22.4. The van der Waals surface area contributed by atoms with Crippen LogP contribution in [-0.2, 0) is 9.84 Å². The van der Waals surface area contributed by atoms with Gasteiger partial charge in [-0.2, -0.15) is 0 Å². The van der Waals surface area contributed by atoms with Gasteiger partial charge in [0.2, 0.25) is 9.84 Å². The highest BCUT2D eigenvalue weighted by atomic mass is 32.2. The first-order valence-corrected chi connectivity index (χ1v) is 30.5. The monoisotopic (exact) mass is 1130 g/mol. The number of aromatic nitrogens is 4. The lowest BCUT2D eigenvalue weighted by Gasteiger charge is -2.28. The van der Waals surface area contributed by atoms with Crippen LogP contribution in [0.3, 0.4) is 0 Å². The topological polar surface area (TPSA) is 85.7 Å². The third kappa shape index (κ3) is 9.26. The molecule has 14 aromatic rings. The molecule has 4 aromatic heterocycles. The van der Waals surface area contributed by atoms with Gasteiger partial charge in [0.15, 0.2) is 0 Å². The van der Waals surface area contributed by atoms with Gasteiger partial charge in [0.25, 0.3) is 0 Å². The molecular weight excluding hydrogens is 1080 g/mol. The maximum absolute atomic E-state index is 16.3. The fourth-order valence-electron chi connectivity index (χ4n) is 12.9. The van der Waals surface area contributed by atoms with Gasteiger partial charge in [-0.3, -0.25) is 19.9 Å². The number of sulfone groups is 1. The summed E-state index contributed by atoms with van der Waals surface area (Å²) in [6, 6.07) is 98.6. The van der Waals surface area contributed by atoms with Crippen LogP contribution in [0.25, 0.3) is 145 Å². The summed E-state index contributed by atoms with van der Waals surface area (Å²) < 4.78 is 32.5. The first-order valence-electron chi connectivity index (χ1n) is 29.0. The third-order valence-electron chi connectivity index (χ3n) is 16.5. The highest BCUT2D eigenvalue weighted by molar-refractivity contribution is 7.92. The van der Waals surface area contributed by atoms with E-state index in [1.54, 1.807) is 0 Å². The van der Waals surface area contributed by atoms with Crippen LogP contribution in [0.15, 0.2) is 326 Å². The molecule has 0 saturated carbocycles. The van der Waals surface area contributed by atoms with Crippen molar-refractivity contribution in [1.82, 2.24) is 19.9 Å². The molecule has 6 nitrogen and oxygen atoms in total. The van der Waals surface area contributed by atoms with Crippen molar-refractivity contribution in [2.24, 2.45) is 0 Å². The van der Waals surface area contributed by atoms with Crippen LogP contribution in [0, 0.1) is 0 Å². The Balaban J connectivity index is 1.04. The normalized spacial score (nSPS) is 12.1. The quantitative estimate of drug-likeness (QED) is 0.121. The number of rotatable bonds is 12. The molecule has 410 valence electrons. The number of hydrogen-bond donors (Lipinski definition) is 0. The lowest BCUT2D eigenvalue weighted by Crippen LogP contribution is -2.04. The summed E-state index contributed by atoms with van der Waals surface area (Å²) in [6.07, 6.45) is 7.33. The number of pyridine rings is 4. The van der Waals surface area contributed by atoms with Gasteiger partial charge < -0.3 is 0 Å². The Hall–Kier alpha value is -11.3. The van der Waals surface area contributed by atoms with E-state index in [1.165, 1.54) is 0 Å². The van der Waals surface area contributed by atoms with E-state index >= 15 is 8.42 Å². The van der Waals surface area contributed by atoms with Gasteiger partial charge in [-0.1, -0.05) is 231 Å². The minimum absolute atomic E-state index is 0.232. The van der Waals surface area contributed by atoms with E-state index in [0.717, 1.165) is 134 Å². The van der Waals surface area contributed by atoms with Crippen molar-refractivity contribution < 1.29 is 8.42 Å². The SMILES string of the molecule is O=S1(=O)c2cc(-c3c(-c4ccccc4)c(-c4ccccc4)c(-c4ccccn4)c(-c4ccccn4)c3-c3ccccc3)ccc2-c2ccc(-c3c(-c4ccccc4)c(-c4ccccc4)c(-c4ccccn4)c(-c4ccccn4)c3-c3ccccc3)cc21. The highest BCUT2D eigenvalue weighted by Gasteiger charge is 2.38. The Morgan fingerprint density at radius 1 is 0.195 bits per heavy atom. The Kier molecular flexibility index (Phi) is 13.5. The number of benzene rings is 10. The summed E-state index contributed by atoms with van der Waals surface area (Å²) in [5, 5.41) is 0. The highest BCUT2D eigenvalue weighted by Crippen LogP contribution is 2.59.